The van der Waals surface area contributed by atoms with Gasteiger partial charge in [-0.15, -0.1) is 0 Å². The Hall–Kier alpha value is -3.92. The van der Waals surface area contributed by atoms with Gasteiger partial charge in [0.25, 0.3) is 0 Å². The maximum absolute atomic E-state index is 12.2. The standard InChI is InChI=1S/C35H44N2O7/c1-2-3-17-36-28-15-13-27(14-16-28)34(38)43-25-24-42-23-22-41-21-20-40-19-8-18-37-35(39)44-26-33-31-11-6-4-9-29(31)30-10-5-7-12-32(30)33/h4-7,9-16,33,36H,2-3,8,17-26H2,1H3,(H,37,39). The maximum atomic E-state index is 12.2. The second-order valence-electron chi connectivity index (χ2n) is 10.4. The molecule has 0 saturated heterocycles. The lowest BCUT2D eigenvalue weighted by molar-refractivity contribution is 0.000337. The number of rotatable bonds is 20. The number of benzene rings is 3. The summed E-state index contributed by atoms with van der Waals surface area (Å²) in [6.07, 6.45) is 2.49. The van der Waals surface area contributed by atoms with Gasteiger partial charge in [0.1, 0.15) is 13.2 Å². The molecule has 0 aromatic heterocycles. The molecule has 0 heterocycles. The fourth-order valence-electron chi connectivity index (χ4n) is 4.97. The first-order valence-corrected chi connectivity index (χ1v) is 15.5. The molecule has 0 fully saturated rings. The van der Waals surface area contributed by atoms with Crippen molar-refractivity contribution in [3.63, 3.8) is 0 Å². The van der Waals surface area contributed by atoms with Crippen molar-refractivity contribution in [3.8, 4) is 11.1 Å². The highest BCUT2D eigenvalue weighted by molar-refractivity contribution is 5.89. The lowest BCUT2D eigenvalue weighted by Crippen LogP contribution is -2.27. The van der Waals surface area contributed by atoms with Crippen LogP contribution in [0, 0.1) is 0 Å². The molecule has 1 amide bonds. The van der Waals surface area contributed by atoms with Crippen molar-refractivity contribution >= 4 is 17.7 Å². The predicted molar refractivity (Wildman–Crippen MR) is 170 cm³/mol. The molecule has 4 rings (SSSR count). The summed E-state index contributed by atoms with van der Waals surface area (Å²) >= 11 is 0. The van der Waals surface area contributed by atoms with Gasteiger partial charge in [-0.25, -0.2) is 9.59 Å². The van der Waals surface area contributed by atoms with Crippen molar-refractivity contribution in [2.45, 2.75) is 32.1 Å². The highest BCUT2D eigenvalue weighted by atomic mass is 16.6. The molecule has 0 radical (unpaired) electrons. The van der Waals surface area contributed by atoms with Gasteiger partial charge in [-0.05, 0) is 59.4 Å². The lowest BCUT2D eigenvalue weighted by Gasteiger charge is -2.14. The molecule has 0 spiro atoms. The van der Waals surface area contributed by atoms with Crippen LogP contribution in [0.15, 0.2) is 72.8 Å². The van der Waals surface area contributed by atoms with E-state index in [2.05, 4.69) is 41.8 Å². The summed E-state index contributed by atoms with van der Waals surface area (Å²) in [7, 11) is 0. The molecular formula is C35H44N2O7. The van der Waals surface area contributed by atoms with E-state index in [-0.39, 0.29) is 18.5 Å². The molecule has 0 unspecified atom stereocenters. The minimum absolute atomic E-state index is 0.0471. The average Bonchev–Trinajstić information content (AvgIpc) is 3.37. The number of hydrogen-bond donors (Lipinski definition) is 2. The number of carbonyl (C=O) groups excluding carboxylic acids is 2. The van der Waals surface area contributed by atoms with Crippen molar-refractivity contribution in [2.75, 3.05) is 71.3 Å². The number of ether oxygens (including phenoxy) is 5. The molecule has 0 atom stereocenters. The molecule has 236 valence electrons. The van der Waals surface area contributed by atoms with Crippen LogP contribution in [0.2, 0.25) is 0 Å². The van der Waals surface area contributed by atoms with E-state index in [4.69, 9.17) is 23.7 Å². The smallest absolute Gasteiger partial charge is 0.407 e. The van der Waals surface area contributed by atoms with Crippen molar-refractivity contribution in [1.29, 1.82) is 0 Å². The van der Waals surface area contributed by atoms with Crippen LogP contribution in [0.25, 0.3) is 11.1 Å². The molecule has 0 aliphatic heterocycles. The molecule has 1 aliphatic rings. The number of unbranched alkanes of at least 4 members (excludes halogenated alkanes) is 1. The van der Waals surface area contributed by atoms with Crippen LogP contribution in [0.3, 0.4) is 0 Å². The van der Waals surface area contributed by atoms with Crippen LogP contribution in [0.5, 0.6) is 0 Å². The monoisotopic (exact) mass is 604 g/mol. The Morgan fingerprint density at radius 3 is 1.89 bits per heavy atom. The number of amides is 1. The summed E-state index contributed by atoms with van der Waals surface area (Å²) in [6, 6.07) is 23.8. The summed E-state index contributed by atoms with van der Waals surface area (Å²) in [4.78, 5) is 24.4. The van der Waals surface area contributed by atoms with Gasteiger partial charge in [0.05, 0.1) is 38.6 Å². The highest BCUT2D eigenvalue weighted by Crippen LogP contribution is 2.44. The molecular weight excluding hydrogens is 560 g/mol. The summed E-state index contributed by atoms with van der Waals surface area (Å²) in [5.41, 5.74) is 6.30. The molecule has 2 N–H and O–H groups in total. The number of esters is 1. The SMILES string of the molecule is CCCCNc1ccc(C(=O)OCCOCCOCCOCCCNC(=O)OCC2c3ccccc3-c3ccccc32)cc1. The molecule has 0 saturated carbocycles. The Morgan fingerprint density at radius 1 is 0.659 bits per heavy atom. The Balaban J connectivity index is 0.938. The highest BCUT2D eigenvalue weighted by Gasteiger charge is 2.28. The Kier molecular flexibility index (Phi) is 14.0. The van der Waals surface area contributed by atoms with E-state index < -0.39 is 6.09 Å². The summed E-state index contributed by atoms with van der Waals surface area (Å²) in [5.74, 6) is -0.318. The number of carbonyl (C=O) groups is 2. The quantitative estimate of drug-likeness (QED) is 0.119. The van der Waals surface area contributed by atoms with Crippen LogP contribution in [0.1, 0.15) is 53.6 Å². The van der Waals surface area contributed by atoms with Crippen molar-refractivity contribution in [1.82, 2.24) is 5.32 Å². The van der Waals surface area contributed by atoms with Crippen LogP contribution in [0.4, 0.5) is 10.5 Å². The van der Waals surface area contributed by atoms with E-state index in [1.165, 1.54) is 22.3 Å². The molecule has 44 heavy (non-hydrogen) atoms. The van der Waals surface area contributed by atoms with Crippen LogP contribution in [-0.4, -0.2) is 78.0 Å². The van der Waals surface area contributed by atoms with Crippen LogP contribution in [-0.2, 0) is 23.7 Å². The third-order valence-electron chi connectivity index (χ3n) is 7.26. The van der Waals surface area contributed by atoms with Crippen molar-refractivity contribution in [2.24, 2.45) is 0 Å². The lowest BCUT2D eigenvalue weighted by atomic mass is 9.98. The number of alkyl carbamates (subject to hydrolysis) is 1. The Labute approximate surface area is 260 Å². The first-order chi connectivity index (χ1) is 21.7. The zero-order chi connectivity index (χ0) is 30.8. The van der Waals surface area contributed by atoms with Crippen molar-refractivity contribution < 1.29 is 33.3 Å². The minimum Gasteiger partial charge on any atom is -0.460 e. The summed E-state index contributed by atoms with van der Waals surface area (Å²) in [6.45, 7) is 6.55. The van der Waals surface area contributed by atoms with Gasteiger partial charge < -0.3 is 34.3 Å². The third-order valence-corrected chi connectivity index (χ3v) is 7.26. The fraction of sp³-hybridized carbons (Fsp3) is 0.429. The normalized spacial score (nSPS) is 11.9. The predicted octanol–water partition coefficient (Wildman–Crippen LogP) is 6.03. The Morgan fingerprint density at radius 2 is 1.25 bits per heavy atom. The zero-order valence-electron chi connectivity index (χ0n) is 25.6. The van der Waals surface area contributed by atoms with Gasteiger partial charge in [0.15, 0.2) is 0 Å². The molecule has 3 aromatic rings. The average molecular weight is 605 g/mol. The second-order valence-corrected chi connectivity index (χ2v) is 10.4. The minimum atomic E-state index is -0.422. The van der Waals surface area contributed by atoms with Gasteiger partial charge in [-0.1, -0.05) is 61.9 Å². The molecule has 9 heteroatoms. The van der Waals surface area contributed by atoms with Crippen LogP contribution < -0.4 is 10.6 Å². The van der Waals surface area contributed by atoms with Gasteiger partial charge in [-0.2, -0.15) is 0 Å². The molecule has 3 aromatic carbocycles. The topological polar surface area (TPSA) is 104 Å². The van der Waals surface area contributed by atoms with E-state index in [1.807, 2.05) is 36.4 Å². The number of hydrogen-bond acceptors (Lipinski definition) is 8. The van der Waals surface area contributed by atoms with Gasteiger partial charge in [0.2, 0.25) is 0 Å². The van der Waals surface area contributed by atoms with Gasteiger partial charge in [0, 0.05) is 31.3 Å². The van der Waals surface area contributed by atoms with Gasteiger partial charge >= 0.3 is 12.1 Å². The largest absolute Gasteiger partial charge is 0.460 e. The number of nitrogens with one attached hydrogen (secondary N) is 2. The second kappa shape index (κ2) is 18.7. The van der Waals surface area contributed by atoms with Crippen molar-refractivity contribution in [3.05, 3.63) is 89.5 Å². The fourth-order valence-corrected chi connectivity index (χ4v) is 4.97. The molecule has 1 aliphatic carbocycles. The first kappa shape index (κ1) is 33.0. The third kappa shape index (κ3) is 10.4. The molecule has 0 bridgehead atoms. The van der Waals surface area contributed by atoms with E-state index in [0.717, 1.165) is 25.1 Å². The van der Waals surface area contributed by atoms with Gasteiger partial charge in [-0.3, -0.25) is 0 Å². The number of fused-ring (bicyclic) bond motifs is 3. The van der Waals surface area contributed by atoms with Crippen LogP contribution >= 0.6 is 0 Å². The first-order valence-electron chi connectivity index (χ1n) is 15.5. The molecule has 9 nitrogen and oxygen atoms in total. The summed E-state index contributed by atoms with van der Waals surface area (Å²) < 4.78 is 27.3. The maximum Gasteiger partial charge on any atom is 0.407 e. The van der Waals surface area contributed by atoms with E-state index in [9.17, 15) is 9.59 Å². The number of anilines is 1. The van der Waals surface area contributed by atoms with E-state index in [1.54, 1.807) is 12.1 Å². The Bertz CT molecular complexity index is 1250. The van der Waals surface area contributed by atoms with E-state index in [0.29, 0.717) is 64.8 Å². The summed E-state index contributed by atoms with van der Waals surface area (Å²) in [5, 5.41) is 6.11. The van der Waals surface area contributed by atoms with E-state index >= 15 is 0 Å². The zero-order valence-corrected chi connectivity index (χ0v) is 25.6.